The first-order valence-corrected chi connectivity index (χ1v) is 7.83. The number of aromatic nitrogens is 2. The number of hydrogen-bond donors (Lipinski definition) is 1. The van der Waals surface area contributed by atoms with Crippen molar-refractivity contribution in [2.24, 2.45) is 0 Å². The quantitative estimate of drug-likeness (QED) is 0.739. The molecule has 0 radical (unpaired) electrons. The lowest BCUT2D eigenvalue weighted by Gasteiger charge is -2.12. The van der Waals surface area contributed by atoms with Crippen molar-refractivity contribution in [3.63, 3.8) is 0 Å². The Bertz CT molecular complexity index is 836. The van der Waals surface area contributed by atoms with Gasteiger partial charge < -0.3 is 14.8 Å². The van der Waals surface area contributed by atoms with Crippen LogP contribution in [0, 0.1) is 0 Å². The molecule has 0 saturated carbocycles. The summed E-state index contributed by atoms with van der Waals surface area (Å²) in [7, 11) is 0. The Morgan fingerprint density at radius 3 is 2.52 bits per heavy atom. The number of nitrogens with zero attached hydrogens (tertiary/aromatic N) is 2. The van der Waals surface area contributed by atoms with E-state index in [1.165, 1.54) is 18.6 Å². The molecule has 0 unspecified atom stereocenters. The van der Waals surface area contributed by atoms with Gasteiger partial charge in [0.2, 0.25) is 0 Å². The van der Waals surface area contributed by atoms with Crippen LogP contribution in [0.1, 0.15) is 17.4 Å². The zero-order valence-corrected chi connectivity index (χ0v) is 13.7. The third-order valence-electron chi connectivity index (χ3n) is 3.29. The Kier molecular flexibility index (Phi) is 5.21. The number of benzene rings is 2. The van der Waals surface area contributed by atoms with Crippen molar-refractivity contribution in [2.75, 3.05) is 11.9 Å². The smallest absolute Gasteiger partial charge is 0.275 e. The van der Waals surface area contributed by atoms with E-state index >= 15 is 0 Å². The van der Waals surface area contributed by atoms with Crippen LogP contribution in [0.3, 0.4) is 0 Å². The average molecular weight is 335 g/mol. The molecule has 6 heteroatoms. The van der Waals surface area contributed by atoms with Crippen LogP contribution in [0.15, 0.2) is 67.1 Å². The number of para-hydroxylation sites is 2. The molecule has 25 heavy (non-hydrogen) atoms. The maximum absolute atomic E-state index is 12.2. The van der Waals surface area contributed by atoms with Gasteiger partial charge in [0.25, 0.3) is 5.91 Å². The molecule has 0 atom stereocenters. The average Bonchev–Trinajstić information content (AvgIpc) is 2.66. The van der Waals surface area contributed by atoms with E-state index < -0.39 is 0 Å². The molecule has 0 aliphatic carbocycles. The molecule has 6 nitrogen and oxygen atoms in total. The summed E-state index contributed by atoms with van der Waals surface area (Å²) in [5.74, 6) is 1.60. The first-order chi connectivity index (χ1) is 12.3. The fourth-order valence-electron chi connectivity index (χ4n) is 2.16. The number of anilines is 1. The van der Waals surface area contributed by atoms with Crippen molar-refractivity contribution in [2.45, 2.75) is 6.92 Å². The summed E-state index contributed by atoms with van der Waals surface area (Å²) in [5, 5.41) is 2.79. The number of carbonyl (C=O) groups excluding carboxylic acids is 1. The lowest BCUT2D eigenvalue weighted by atomic mass is 10.2. The SMILES string of the molecule is CCOc1ccc(Oc2ccccc2NC(=O)c2cnccn2)cc1. The van der Waals surface area contributed by atoms with E-state index in [4.69, 9.17) is 9.47 Å². The maximum atomic E-state index is 12.2. The van der Waals surface area contributed by atoms with Gasteiger partial charge in [-0.1, -0.05) is 12.1 Å². The molecule has 0 aliphatic heterocycles. The summed E-state index contributed by atoms with van der Waals surface area (Å²) in [6.07, 6.45) is 4.39. The summed E-state index contributed by atoms with van der Waals surface area (Å²) >= 11 is 0. The highest BCUT2D eigenvalue weighted by Crippen LogP contribution is 2.30. The lowest BCUT2D eigenvalue weighted by molar-refractivity contribution is 0.102. The number of nitrogens with one attached hydrogen (secondary N) is 1. The highest BCUT2D eigenvalue weighted by molar-refractivity contribution is 6.03. The molecule has 1 N–H and O–H groups in total. The van der Waals surface area contributed by atoms with Crippen molar-refractivity contribution >= 4 is 11.6 Å². The van der Waals surface area contributed by atoms with Crippen LogP contribution in [-0.2, 0) is 0 Å². The Hall–Kier alpha value is -3.41. The monoisotopic (exact) mass is 335 g/mol. The fourth-order valence-corrected chi connectivity index (χ4v) is 2.16. The van der Waals surface area contributed by atoms with Crippen LogP contribution in [0.2, 0.25) is 0 Å². The van der Waals surface area contributed by atoms with E-state index in [2.05, 4.69) is 15.3 Å². The summed E-state index contributed by atoms with van der Waals surface area (Å²) < 4.78 is 11.3. The first-order valence-electron chi connectivity index (χ1n) is 7.83. The minimum absolute atomic E-state index is 0.235. The van der Waals surface area contributed by atoms with E-state index in [9.17, 15) is 4.79 Å². The van der Waals surface area contributed by atoms with Crippen LogP contribution in [0.4, 0.5) is 5.69 Å². The number of hydrogen-bond acceptors (Lipinski definition) is 5. The van der Waals surface area contributed by atoms with Gasteiger partial charge in [-0.15, -0.1) is 0 Å². The predicted octanol–water partition coefficient (Wildman–Crippen LogP) is 3.92. The second-order valence-corrected chi connectivity index (χ2v) is 5.05. The molecule has 0 aliphatic rings. The Labute approximate surface area is 145 Å². The molecule has 1 amide bonds. The highest BCUT2D eigenvalue weighted by Gasteiger charge is 2.11. The van der Waals surface area contributed by atoms with E-state index in [0.717, 1.165) is 5.75 Å². The minimum Gasteiger partial charge on any atom is -0.494 e. The summed E-state index contributed by atoms with van der Waals surface area (Å²) in [6, 6.07) is 14.5. The van der Waals surface area contributed by atoms with E-state index in [-0.39, 0.29) is 11.6 Å². The van der Waals surface area contributed by atoms with Gasteiger partial charge in [0, 0.05) is 12.4 Å². The second kappa shape index (κ2) is 7.92. The zero-order chi connectivity index (χ0) is 17.5. The Balaban J connectivity index is 1.75. The van der Waals surface area contributed by atoms with Gasteiger partial charge in [0.1, 0.15) is 17.2 Å². The van der Waals surface area contributed by atoms with Crippen LogP contribution in [0.5, 0.6) is 17.2 Å². The Morgan fingerprint density at radius 1 is 1.04 bits per heavy atom. The standard InChI is InChI=1S/C19H17N3O3/c1-2-24-14-7-9-15(10-8-14)25-18-6-4-3-5-16(18)22-19(23)17-13-20-11-12-21-17/h3-13H,2H2,1H3,(H,22,23). The summed E-state index contributed by atoms with van der Waals surface area (Å²) in [6.45, 7) is 2.54. The molecular formula is C19H17N3O3. The van der Waals surface area contributed by atoms with E-state index in [1.807, 2.05) is 43.3 Å². The third-order valence-corrected chi connectivity index (χ3v) is 3.29. The Morgan fingerprint density at radius 2 is 1.80 bits per heavy atom. The molecule has 2 aromatic carbocycles. The van der Waals surface area contributed by atoms with Gasteiger partial charge in [0.15, 0.2) is 5.75 Å². The first kappa shape index (κ1) is 16.4. The van der Waals surface area contributed by atoms with Crippen LogP contribution < -0.4 is 14.8 Å². The van der Waals surface area contributed by atoms with Crippen molar-refractivity contribution in [1.82, 2.24) is 9.97 Å². The molecule has 126 valence electrons. The number of carbonyl (C=O) groups is 1. The van der Waals surface area contributed by atoms with Gasteiger partial charge in [-0.2, -0.15) is 0 Å². The largest absolute Gasteiger partial charge is 0.494 e. The third kappa shape index (κ3) is 4.32. The number of amides is 1. The predicted molar refractivity (Wildman–Crippen MR) is 94.1 cm³/mol. The van der Waals surface area contributed by atoms with Crippen LogP contribution in [0.25, 0.3) is 0 Å². The molecule has 1 aromatic heterocycles. The molecule has 3 aromatic rings. The van der Waals surface area contributed by atoms with Crippen LogP contribution in [-0.4, -0.2) is 22.5 Å². The normalized spacial score (nSPS) is 10.1. The summed E-state index contributed by atoms with van der Waals surface area (Å²) in [5.41, 5.74) is 0.783. The second-order valence-electron chi connectivity index (χ2n) is 5.05. The van der Waals surface area contributed by atoms with E-state index in [0.29, 0.717) is 23.8 Å². The highest BCUT2D eigenvalue weighted by atomic mass is 16.5. The van der Waals surface area contributed by atoms with Gasteiger partial charge >= 0.3 is 0 Å². The molecule has 1 heterocycles. The van der Waals surface area contributed by atoms with Crippen molar-refractivity contribution in [3.05, 3.63) is 72.8 Å². The van der Waals surface area contributed by atoms with Crippen LogP contribution >= 0.6 is 0 Å². The molecule has 3 rings (SSSR count). The van der Waals surface area contributed by atoms with Crippen molar-refractivity contribution in [3.8, 4) is 17.2 Å². The van der Waals surface area contributed by atoms with Gasteiger partial charge in [-0.25, -0.2) is 4.98 Å². The van der Waals surface area contributed by atoms with Gasteiger partial charge in [0.05, 0.1) is 18.5 Å². The maximum Gasteiger partial charge on any atom is 0.275 e. The van der Waals surface area contributed by atoms with Gasteiger partial charge in [-0.3, -0.25) is 9.78 Å². The van der Waals surface area contributed by atoms with Crippen molar-refractivity contribution < 1.29 is 14.3 Å². The molecule has 0 fully saturated rings. The lowest BCUT2D eigenvalue weighted by Crippen LogP contribution is -2.14. The summed E-state index contributed by atoms with van der Waals surface area (Å²) in [4.78, 5) is 20.1. The fraction of sp³-hybridized carbons (Fsp3) is 0.105. The molecule has 0 spiro atoms. The number of ether oxygens (including phenoxy) is 2. The molecule has 0 saturated heterocycles. The molecular weight excluding hydrogens is 318 g/mol. The van der Waals surface area contributed by atoms with Gasteiger partial charge in [-0.05, 0) is 43.3 Å². The zero-order valence-electron chi connectivity index (χ0n) is 13.7. The van der Waals surface area contributed by atoms with Crippen molar-refractivity contribution in [1.29, 1.82) is 0 Å². The molecule has 0 bridgehead atoms. The number of rotatable bonds is 6. The van der Waals surface area contributed by atoms with E-state index in [1.54, 1.807) is 12.1 Å². The minimum atomic E-state index is -0.351. The topological polar surface area (TPSA) is 73.3 Å².